The molecule has 1 N–H and O–H groups in total. The number of hydrogen-bond donors (Lipinski definition) is 1. The van der Waals surface area contributed by atoms with Crippen LogP contribution in [0.1, 0.15) is 31.7 Å². The molecular formula is C14H17NO4. The van der Waals surface area contributed by atoms with Gasteiger partial charge < -0.3 is 14.7 Å². The molecule has 0 bridgehead atoms. The number of oxime groups is 1. The molecule has 5 nitrogen and oxygen atoms in total. The fourth-order valence-electron chi connectivity index (χ4n) is 1.92. The van der Waals surface area contributed by atoms with Gasteiger partial charge in [-0.15, -0.1) is 0 Å². The number of hydrogen-bond acceptors (Lipinski definition) is 5. The lowest BCUT2D eigenvalue weighted by Crippen LogP contribution is -2.12. The SMILES string of the molecule is CCOC(=O)CCC1CC(c2ccc(O)cc2)=NO1. The molecule has 1 aromatic carbocycles. The summed E-state index contributed by atoms with van der Waals surface area (Å²) in [6.07, 6.45) is 1.54. The van der Waals surface area contributed by atoms with Gasteiger partial charge in [0.25, 0.3) is 0 Å². The highest BCUT2D eigenvalue weighted by molar-refractivity contribution is 6.01. The summed E-state index contributed by atoms with van der Waals surface area (Å²) in [5.74, 6) is 0.0197. The lowest BCUT2D eigenvalue weighted by Gasteiger charge is -2.07. The Morgan fingerprint density at radius 3 is 2.89 bits per heavy atom. The van der Waals surface area contributed by atoms with Crippen molar-refractivity contribution in [2.75, 3.05) is 6.61 Å². The normalized spacial score (nSPS) is 17.7. The van der Waals surface area contributed by atoms with Crippen molar-refractivity contribution in [3.63, 3.8) is 0 Å². The van der Waals surface area contributed by atoms with Gasteiger partial charge in [-0.05, 0) is 43.2 Å². The molecule has 0 fully saturated rings. The molecule has 5 heteroatoms. The van der Waals surface area contributed by atoms with Crippen LogP contribution in [-0.4, -0.2) is 29.5 Å². The molecule has 19 heavy (non-hydrogen) atoms. The number of ether oxygens (including phenoxy) is 1. The first-order valence-corrected chi connectivity index (χ1v) is 6.36. The van der Waals surface area contributed by atoms with E-state index in [-0.39, 0.29) is 17.8 Å². The fourth-order valence-corrected chi connectivity index (χ4v) is 1.92. The molecule has 1 aromatic rings. The molecule has 1 heterocycles. The van der Waals surface area contributed by atoms with Crippen LogP contribution in [0.15, 0.2) is 29.4 Å². The van der Waals surface area contributed by atoms with E-state index in [1.54, 1.807) is 31.2 Å². The van der Waals surface area contributed by atoms with Crippen molar-refractivity contribution < 1.29 is 19.5 Å². The first-order chi connectivity index (χ1) is 9.19. The van der Waals surface area contributed by atoms with Gasteiger partial charge in [0, 0.05) is 12.8 Å². The van der Waals surface area contributed by atoms with E-state index in [0.717, 1.165) is 11.3 Å². The standard InChI is InChI=1S/C14H17NO4/c1-2-18-14(17)8-7-12-9-13(15-19-12)10-3-5-11(16)6-4-10/h3-6,12,16H,2,7-9H2,1H3. The summed E-state index contributed by atoms with van der Waals surface area (Å²) in [5, 5.41) is 13.2. The van der Waals surface area contributed by atoms with Crippen molar-refractivity contribution in [3.05, 3.63) is 29.8 Å². The van der Waals surface area contributed by atoms with Crippen LogP contribution in [0.2, 0.25) is 0 Å². The van der Waals surface area contributed by atoms with Crippen LogP contribution < -0.4 is 0 Å². The van der Waals surface area contributed by atoms with Gasteiger partial charge in [0.1, 0.15) is 11.9 Å². The number of rotatable bonds is 5. The van der Waals surface area contributed by atoms with E-state index in [9.17, 15) is 9.90 Å². The summed E-state index contributed by atoms with van der Waals surface area (Å²) < 4.78 is 4.87. The Morgan fingerprint density at radius 2 is 2.21 bits per heavy atom. The number of nitrogens with zero attached hydrogens (tertiary/aromatic N) is 1. The molecule has 0 saturated carbocycles. The molecular weight excluding hydrogens is 246 g/mol. The Bertz CT molecular complexity index is 467. The van der Waals surface area contributed by atoms with E-state index in [1.807, 2.05) is 0 Å². The molecule has 2 rings (SSSR count). The minimum Gasteiger partial charge on any atom is -0.508 e. The Labute approximate surface area is 111 Å². The van der Waals surface area contributed by atoms with Crippen molar-refractivity contribution in [3.8, 4) is 5.75 Å². The molecule has 0 radical (unpaired) electrons. The number of aromatic hydroxyl groups is 1. The van der Waals surface area contributed by atoms with E-state index in [2.05, 4.69) is 5.16 Å². The van der Waals surface area contributed by atoms with E-state index in [4.69, 9.17) is 9.57 Å². The number of carbonyl (C=O) groups excluding carboxylic acids is 1. The average molecular weight is 263 g/mol. The number of benzene rings is 1. The van der Waals surface area contributed by atoms with Crippen LogP contribution in [-0.2, 0) is 14.4 Å². The molecule has 1 aliphatic heterocycles. The first-order valence-electron chi connectivity index (χ1n) is 6.36. The van der Waals surface area contributed by atoms with Gasteiger partial charge in [0.15, 0.2) is 0 Å². The van der Waals surface area contributed by atoms with E-state index >= 15 is 0 Å². The molecule has 1 unspecified atom stereocenters. The third kappa shape index (κ3) is 3.71. The molecule has 1 atom stereocenters. The summed E-state index contributed by atoms with van der Waals surface area (Å²) in [7, 11) is 0. The van der Waals surface area contributed by atoms with Crippen molar-refractivity contribution in [2.45, 2.75) is 32.3 Å². The number of phenolic OH excluding ortho intramolecular Hbond substituents is 1. The maximum Gasteiger partial charge on any atom is 0.305 e. The second kappa shape index (κ2) is 6.22. The number of carbonyl (C=O) groups is 1. The predicted octanol–water partition coefficient (Wildman–Crippen LogP) is 2.23. The summed E-state index contributed by atoms with van der Waals surface area (Å²) >= 11 is 0. The summed E-state index contributed by atoms with van der Waals surface area (Å²) in [6, 6.07) is 6.82. The third-order valence-electron chi connectivity index (χ3n) is 2.91. The Morgan fingerprint density at radius 1 is 1.47 bits per heavy atom. The van der Waals surface area contributed by atoms with Crippen molar-refractivity contribution in [1.82, 2.24) is 0 Å². The minimum absolute atomic E-state index is 0.0757. The van der Waals surface area contributed by atoms with Gasteiger partial charge in [0.05, 0.1) is 12.3 Å². The Balaban J connectivity index is 1.82. The molecule has 102 valence electrons. The highest BCUT2D eigenvalue weighted by Crippen LogP contribution is 2.21. The zero-order chi connectivity index (χ0) is 13.7. The number of esters is 1. The topological polar surface area (TPSA) is 68.1 Å². The van der Waals surface area contributed by atoms with E-state index < -0.39 is 0 Å². The van der Waals surface area contributed by atoms with Crippen LogP contribution in [0.25, 0.3) is 0 Å². The third-order valence-corrected chi connectivity index (χ3v) is 2.91. The second-order valence-corrected chi connectivity index (χ2v) is 4.36. The maximum absolute atomic E-state index is 11.2. The lowest BCUT2D eigenvalue weighted by atomic mass is 10.0. The van der Waals surface area contributed by atoms with Crippen LogP contribution in [0.5, 0.6) is 5.75 Å². The first kappa shape index (κ1) is 13.4. The molecule has 0 saturated heterocycles. The van der Waals surface area contributed by atoms with Crippen LogP contribution >= 0.6 is 0 Å². The second-order valence-electron chi connectivity index (χ2n) is 4.36. The predicted molar refractivity (Wildman–Crippen MR) is 70.0 cm³/mol. The molecule has 0 amide bonds. The van der Waals surface area contributed by atoms with Crippen molar-refractivity contribution >= 4 is 11.7 Å². The molecule has 0 aliphatic carbocycles. The molecule has 1 aliphatic rings. The largest absolute Gasteiger partial charge is 0.508 e. The quantitative estimate of drug-likeness (QED) is 0.827. The lowest BCUT2D eigenvalue weighted by molar-refractivity contribution is -0.143. The van der Waals surface area contributed by atoms with Gasteiger partial charge in [-0.25, -0.2) is 0 Å². The Kier molecular flexibility index (Phi) is 4.39. The van der Waals surface area contributed by atoms with Crippen LogP contribution in [0.3, 0.4) is 0 Å². The monoisotopic (exact) mass is 263 g/mol. The van der Waals surface area contributed by atoms with Crippen molar-refractivity contribution in [2.24, 2.45) is 5.16 Å². The highest BCUT2D eigenvalue weighted by Gasteiger charge is 2.23. The van der Waals surface area contributed by atoms with Gasteiger partial charge in [0.2, 0.25) is 0 Å². The summed E-state index contributed by atoms with van der Waals surface area (Å²) in [4.78, 5) is 16.5. The highest BCUT2D eigenvalue weighted by atomic mass is 16.6. The van der Waals surface area contributed by atoms with Gasteiger partial charge in [-0.2, -0.15) is 0 Å². The van der Waals surface area contributed by atoms with Gasteiger partial charge in [-0.1, -0.05) is 5.16 Å². The van der Waals surface area contributed by atoms with Crippen LogP contribution in [0.4, 0.5) is 0 Å². The molecule has 0 spiro atoms. The smallest absolute Gasteiger partial charge is 0.305 e. The summed E-state index contributed by atoms with van der Waals surface area (Å²) in [5.41, 5.74) is 1.77. The van der Waals surface area contributed by atoms with Crippen LogP contribution in [0, 0.1) is 0 Å². The maximum atomic E-state index is 11.2. The fraction of sp³-hybridized carbons (Fsp3) is 0.429. The van der Waals surface area contributed by atoms with E-state index in [1.165, 1.54) is 0 Å². The zero-order valence-corrected chi connectivity index (χ0v) is 10.8. The minimum atomic E-state index is -0.204. The summed E-state index contributed by atoms with van der Waals surface area (Å²) in [6.45, 7) is 2.19. The van der Waals surface area contributed by atoms with Gasteiger partial charge in [-0.3, -0.25) is 4.79 Å². The number of phenols is 1. The Hall–Kier alpha value is -2.04. The van der Waals surface area contributed by atoms with E-state index in [0.29, 0.717) is 25.9 Å². The molecule has 0 aromatic heterocycles. The van der Waals surface area contributed by atoms with Crippen molar-refractivity contribution in [1.29, 1.82) is 0 Å². The van der Waals surface area contributed by atoms with Gasteiger partial charge >= 0.3 is 5.97 Å². The average Bonchev–Trinajstić information content (AvgIpc) is 2.86. The zero-order valence-electron chi connectivity index (χ0n) is 10.8.